The Kier molecular flexibility index (Phi) is 6.45. The Bertz CT molecular complexity index is 689. The van der Waals surface area contributed by atoms with Crippen LogP contribution in [0.4, 0.5) is 0 Å². The molecule has 1 saturated heterocycles. The van der Waals surface area contributed by atoms with E-state index in [4.69, 9.17) is 0 Å². The van der Waals surface area contributed by atoms with Crippen molar-refractivity contribution in [3.63, 3.8) is 0 Å². The van der Waals surface area contributed by atoms with Crippen LogP contribution in [-0.2, 0) is 18.4 Å². The number of imidazole rings is 1. The van der Waals surface area contributed by atoms with E-state index in [0.29, 0.717) is 5.92 Å². The maximum Gasteiger partial charge on any atom is 0.223 e. The Morgan fingerprint density at radius 3 is 2.62 bits per heavy atom. The fourth-order valence-electron chi connectivity index (χ4n) is 3.69. The van der Waals surface area contributed by atoms with Gasteiger partial charge in [0, 0.05) is 37.8 Å². The van der Waals surface area contributed by atoms with Crippen LogP contribution in [-0.4, -0.2) is 40.0 Å². The van der Waals surface area contributed by atoms with Crippen molar-refractivity contribution in [3.8, 4) is 0 Å². The van der Waals surface area contributed by atoms with E-state index in [2.05, 4.69) is 51.0 Å². The van der Waals surface area contributed by atoms with Gasteiger partial charge in [-0.3, -0.25) is 9.69 Å². The van der Waals surface area contributed by atoms with Crippen LogP contribution in [0.25, 0.3) is 0 Å². The standard InChI is InChI=1S/C21H30N4O/c1-3-17(18-7-5-4-6-8-18)15-23-21(26)19-9-12-25(13-10-19)16-20-22-11-14-24(20)2/h4-8,11,14,17,19H,3,9-10,12-13,15-16H2,1-2H3,(H,23,26)/t17-/m0/s1. The third-order valence-electron chi connectivity index (χ3n) is 5.53. The van der Waals surface area contributed by atoms with Gasteiger partial charge in [0.25, 0.3) is 0 Å². The van der Waals surface area contributed by atoms with Gasteiger partial charge in [-0.1, -0.05) is 37.3 Å². The highest BCUT2D eigenvalue weighted by molar-refractivity contribution is 5.78. The molecule has 5 nitrogen and oxygen atoms in total. The number of aryl methyl sites for hydroxylation is 1. The van der Waals surface area contributed by atoms with E-state index >= 15 is 0 Å². The zero-order valence-electron chi connectivity index (χ0n) is 15.9. The summed E-state index contributed by atoms with van der Waals surface area (Å²) in [5, 5.41) is 3.20. The molecule has 1 N–H and O–H groups in total. The van der Waals surface area contributed by atoms with Gasteiger partial charge in [0.2, 0.25) is 5.91 Å². The van der Waals surface area contributed by atoms with E-state index in [1.165, 1.54) is 5.56 Å². The molecule has 5 heteroatoms. The second-order valence-electron chi connectivity index (χ2n) is 7.27. The van der Waals surface area contributed by atoms with Gasteiger partial charge < -0.3 is 9.88 Å². The summed E-state index contributed by atoms with van der Waals surface area (Å²) >= 11 is 0. The fourth-order valence-corrected chi connectivity index (χ4v) is 3.69. The maximum atomic E-state index is 12.6. The van der Waals surface area contributed by atoms with Gasteiger partial charge in [0.15, 0.2) is 0 Å². The molecule has 2 aromatic rings. The first kappa shape index (κ1) is 18.6. The molecule has 0 bridgehead atoms. The van der Waals surface area contributed by atoms with Crippen molar-refractivity contribution in [1.29, 1.82) is 0 Å². The molecular weight excluding hydrogens is 324 g/mol. The summed E-state index contributed by atoms with van der Waals surface area (Å²) in [6.07, 6.45) is 6.71. The summed E-state index contributed by atoms with van der Waals surface area (Å²) in [4.78, 5) is 19.4. The minimum absolute atomic E-state index is 0.140. The van der Waals surface area contributed by atoms with Crippen LogP contribution < -0.4 is 5.32 Å². The highest BCUT2D eigenvalue weighted by Crippen LogP contribution is 2.21. The van der Waals surface area contributed by atoms with E-state index in [0.717, 1.165) is 51.3 Å². The Balaban J connectivity index is 1.44. The summed E-state index contributed by atoms with van der Waals surface area (Å²) in [7, 11) is 2.03. The summed E-state index contributed by atoms with van der Waals surface area (Å²) in [5.74, 6) is 1.84. The van der Waals surface area contributed by atoms with E-state index in [1.807, 2.05) is 25.5 Å². The lowest BCUT2D eigenvalue weighted by Crippen LogP contribution is -2.41. The number of benzene rings is 1. The highest BCUT2D eigenvalue weighted by atomic mass is 16.1. The molecule has 1 aliphatic heterocycles. The maximum absolute atomic E-state index is 12.6. The second kappa shape index (κ2) is 8.99. The van der Waals surface area contributed by atoms with Crippen molar-refractivity contribution in [2.24, 2.45) is 13.0 Å². The van der Waals surface area contributed by atoms with Crippen molar-refractivity contribution < 1.29 is 4.79 Å². The first-order chi connectivity index (χ1) is 12.7. The smallest absolute Gasteiger partial charge is 0.223 e. The van der Waals surface area contributed by atoms with E-state index < -0.39 is 0 Å². The number of carbonyl (C=O) groups is 1. The number of nitrogens with zero attached hydrogens (tertiary/aromatic N) is 3. The van der Waals surface area contributed by atoms with Crippen molar-refractivity contribution >= 4 is 5.91 Å². The number of rotatable bonds is 7. The number of piperidine rings is 1. The van der Waals surface area contributed by atoms with Crippen LogP contribution in [0.15, 0.2) is 42.7 Å². The number of hydrogen-bond acceptors (Lipinski definition) is 3. The Morgan fingerprint density at radius 2 is 2.00 bits per heavy atom. The second-order valence-corrected chi connectivity index (χ2v) is 7.27. The molecule has 0 spiro atoms. The Morgan fingerprint density at radius 1 is 1.27 bits per heavy atom. The molecule has 0 saturated carbocycles. The molecular formula is C21H30N4O. The van der Waals surface area contributed by atoms with Gasteiger partial charge in [-0.05, 0) is 37.9 Å². The summed E-state index contributed by atoms with van der Waals surface area (Å²) in [6.45, 7) is 5.69. The Labute approximate surface area is 156 Å². The first-order valence-electron chi connectivity index (χ1n) is 9.68. The molecule has 1 atom stereocenters. The lowest BCUT2D eigenvalue weighted by atomic mass is 9.94. The van der Waals surface area contributed by atoms with Gasteiger partial charge in [0.1, 0.15) is 5.82 Å². The predicted octanol–water partition coefficient (Wildman–Crippen LogP) is 2.94. The zero-order valence-corrected chi connectivity index (χ0v) is 15.9. The van der Waals surface area contributed by atoms with Gasteiger partial charge in [-0.25, -0.2) is 4.98 Å². The number of carbonyl (C=O) groups excluding carboxylic acids is 1. The van der Waals surface area contributed by atoms with Crippen molar-refractivity contribution in [3.05, 3.63) is 54.1 Å². The van der Waals surface area contributed by atoms with E-state index in [1.54, 1.807) is 0 Å². The molecule has 1 aliphatic rings. The number of amides is 1. The lowest BCUT2D eigenvalue weighted by molar-refractivity contribution is -0.126. The van der Waals surface area contributed by atoms with Crippen LogP contribution in [0.1, 0.15) is 43.5 Å². The number of hydrogen-bond donors (Lipinski definition) is 1. The van der Waals surface area contributed by atoms with Crippen LogP contribution in [0.3, 0.4) is 0 Å². The molecule has 0 unspecified atom stereocenters. The topological polar surface area (TPSA) is 50.2 Å². The molecule has 3 rings (SSSR count). The highest BCUT2D eigenvalue weighted by Gasteiger charge is 2.25. The molecule has 2 heterocycles. The van der Waals surface area contributed by atoms with Crippen LogP contribution in [0.5, 0.6) is 0 Å². The third kappa shape index (κ3) is 4.73. The minimum Gasteiger partial charge on any atom is -0.355 e. The summed E-state index contributed by atoms with van der Waals surface area (Å²) in [5.41, 5.74) is 1.31. The minimum atomic E-state index is 0.140. The largest absolute Gasteiger partial charge is 0.355 e. The SMILES string of the molecule is CC[C@@H](CNC(=O)C1CCN(Cc2nccn2C)CC1)c1ccccc1. The molecule has 26 heavy (non-hydrogen) atoms. The van der Waals surface area contributed by atoms with Crippen LogP contribution in [0, 0.1) is 5.92 Å². The molecule has 0 aliphatic carbocycles. The molecule has 0 radical (unpaired) electrons. The van der Waals surface area contributed by atoms with Gasteiger partial charge >= 0.3 is 0 Å². The molecule has 1 amide bonds. The quantitative estimate of drug-likeness (QED) is 0.832. The molecule has 1 aromatic carbocycles. The lowest BCUT2D eigenvalue weighted by Gasteiger charge is -2.31. The van der Waals surface area contributed by atoms with Crippen LogP contribution in [0.2, 0.25) is 0 Å². The van der Waals surface area contributed by atoms with Gasteiger partial charge in [-0.2, -0.15) is 0 Å². The summed E-state index contributed by atoms with van der Waals surface area (Å²) < 4.78 is 2.06. The van der Waals surface area contributed by atoms with Gasteiger partial charge in [0.05, 0.1) is 6.54 Å². The molecule has 1 fully saturated rings. The van der Waals surface area contributed by atoms with E-state index in [9.17, 15) is 4.79 Å². The molecule has 1 aromatic heterocycles. The van der Waals surface area contributed by atoms with Gasteiger partial charge in [-0.15, -0.1) is 0 Å². The average molecular weight is 354 g/mol. The van der Waals surface area contributed by atoms with E-state index in [-0.39, 0.29) is 11.8 Å². The van der Waals surface area contributed by atoms with Crippen molar-refractivity contribution in [2.45, 2.75) is 38.6 Å². The number of nitrogens with one attached hydrogen (secondary N) is 1. The third-order valence-corrected chi connectivity index (χ3v) is 5.53. The zero-order chi connectivity index (χ0) is 18.4. The fraction of sp³-hybridized carbons (Fsp3) is 0.524. The van der Waals surface area contributed by atoms with Crippen LogP contribution >= 0.6 is 0 Å². The summed E-state index contributed by atoms with van der Waals surface area (Å²) in [6, 6.07) is 10.5. The number of likely N-dealkylation sites (tertiary alicyclic amines) is 1. The monoisotopic (exact) mass is 354 g/mol. The van der Waals surface area contributed by atoms with Crippen molar-refractivity contribution in [1.82, 2.24) is 19.8 Å². The number of aromatic nitrogens is 2. The Hall–Kier alpha value is -2.14. The predicted molar refractivity (Wildman–Crippen MR) is 104 cm³/mol. The molecule has 140 valence electrons. The first-order valence-corrected chi connectivity index (χ1v) is 9.68. The average Bonchev–Trinajstić information content (AvgIpc) is 3.08. The van der Waals surface area contributed by atoms with Crippen molar-refractivity contribution in [2.75, 3.05) is 19.6 Å². The normalized spacial score (nSPS) is 17.2.